The molecule has 0 unspecified atom stereocenters. The highest BCUT2D eigenvalue weighted by atomic mass is 32.2. The van der Waals surface area contributed by atoms with E-state index in [2.05, 4.69) is 14.9 Å². The summed E-state index contributed by atoms with van der Waals surface area (Å²) in [5.41, 5.74) is 0. The van der Waals surface area contributed by atoms with Crippen molar-refractivity contribution in [2.24, 2.45) is 5.92 Å². The van der Waals surface area contributed by atoms with Crippen LogP contribution >= 0.6 is 0 Å². The minimum absolute atomic E-state index is 0.166. The predicted octanol–water partition coefficient (Wildman–Crippen LogP) is -0.458. The summed E-state index contributed by atoms with van der Waals surface area (Å²) >= 11 is 0. The lowest BCUT2D eigenvalue weighted by Gasteiger charge is -2.25. The number of nitrogens with zero attached hydrogens (tertiary/aromatic N) is 4. The molecule has 0 N–H and O–H groups in total. The second-order valence-electron chi connectivity index (χ2n) is 6.09. The highest BCUT2D eigenvalue weighted by Crippen LogP contribution is 2.35. The van der Waals surface area contributed by atoms with Crippen LogP contribution in [-0.4, -0.2) is 78.8 Å². The van der Waals surface area contributed by atoms with Crippen molar-refractivity contribution in [3.05, 3.63) is 18.5 Å². The van der Waals surface area contributed by atoms with Gasteiger partial charge >= 0.3 is 0 Å². The Labute approximate surface area is 120 Å². The number of sulfone groups is 1. The maximum Gasteiger partial charge on any atom is 0.156 e. The molecule has 112 valence electrons. The van der Waals surface area contributed by atoms with E-state index in [9.17, 15) is 8.42 Å². The maximum absolute atomic E-state index is 12.3. The number of rotatable bonds is 4. The summed E-state index contributed by atoms with van der Waals surface area (Å²) in [7, 11) is 1.03. The molecule has 2 saturated heterocycles. The van der Waals surface area contributed by atoms with Gasteiger partial charge in [0.1, 0.15) is 0 Å². The Kier molecular flexibility index (Phi) is 3.60. The van der Waals surface area contributed by atoms with Gasteiger partial charge in [0.15, 0.2) is 9.84 Å². The largest absolute Gasteiger partial charge is 0.305 e. The zero-order valence-electron chi connectivity index (χ0n) is 12.0. The zero-order valence-corrected chi connectivity index (χ0v) is 12.8. The van der Waals surface area contributed by atoms with Gasteiger partial charge in [-0.15, -0.1) is 0 Å². The fourth-order valence-electron chi connectivity index (χ4n) is 3.51. The molecule has 0 saturated carbocycles. The van der Waals surface area contributed by atoms with Crippen LogP contribution in [0.3, 0.4) is 0 Å². The summed E-state index contributed by atoms with van der Waals surface area (Å²) in [5.74, 6) is 0.579. The van der Waals surface area contributed by atoms with Crippen molar-refractivity contribution in [1.29, 1.82) is 0 Å². The number of likely N-dealkylation sites (tertiary alicyclic amines) is 1. The molecule has 0 bridgehead atoms. The van der Waals surface area contributed by atoms with E-state index in [0.29, 0.717) is 12.3 Å². The molecule has 3 atom stereocenters. The summed E-state index contributed by atoms with van der Waals surface area (Å²) in [6.07, 6.45) is 3.71. The Balaban J connectivity index is 1.66. The Hall–Kier alpha value is -0.920. The van der Waals surface area contributed by atoms with Crippen LogP contribution in [0.25, 0.3) is 0 Å². The molecule has 3 heterocycles. The van der Waals surface area contributed by atoms with Crippen LogP contribution in [0.4, 0.5) is 0 Å². The van der Waals surface area contributed by atoms with Crippen molar-refractivity contribution >= 4 is 9.84 Å². The van der Waals surface area contributed by atoms with E-state index < -0.39 is 9.84 Å². The van der Waals surface area contributed by atoms with Crippen LogP contribution in [0.2, 0.25) is 0 Å². The van der Waals surface area contributed by atoms with Crippen LogP contribution < -0.4 is 0 Å². The first kappa shape index (κ1) is 14.0. The molecule has 1 aromatic heterocycles. The van der Waals surface area contributed by atoms with E-state index in [4.69, 9.17) is 0 Å². The second kappa shape index (κ2) is 5.13. The number of hydrogen-bond acceptors (Lipinski definition) is 5. The van der Waals surface area contributed by atoms with Crippen LogP contribution in [0.1, 0.15) is 0 Å². The minimum Gasteiger partial charge on any atom is -0.305 e. The molecule has 0 amide bonds. The molecule has 0 radical (unpaired) electrons. The smallest absolute Gasteiger partial charge is 0.156 e. The van der Waals surface area contributed by atoms with Crippen molar-refractivity contribution in [3.63, 3.8) is 0 Å². The molecule has 0 spiro atoms. The lowest BCUT2D eigenvalue weighted by Crippen LogP contribution is -2.38. The van der Waals surface area contributed by atoms with E-state index >= 15 is 0 Å². The molecule has 6 nitrogen and oxygen atoms in total. The minimum atomic E-state index is -2.93. The van der Waals surface area contributed by atoms with Crippen LogP contribution in [-0.2, 0) is 16.4 Å². The third-order valence-electron chi connectivity index (χ3n) is 4.61. The molecule has 2 aliphatic heterocycles. The topological polar surface area (TPSA) is 58.4 Å². The Morgan fingerprint density at radius 1 is 1.30 bits per heavy atom. The van der Waals surface area contributed by atoms with E-state index in [0.717, 1.165) is 19.6 Å². The predicted molar refractivity (Wildman–Crippen MR) is 77.2 cm³/mol. The van der Waals surface area contributed by atoms with Crippen molar-refractivity contribution in [2.45, 2.75) is 17.8 Å². The highest BCUT2D eigenvalue weighted by molar-refractivity contribution is 7.92. The first-order chi connectivity index (χ1) is 9.47. The number of hydrogen-bond donors (Lipinski definition) is 0. The molecular weight excluding hydrogens is 276 g/mol. The SMILES string of the molecule is CN(C)[C@H]1CS(=O)(=O)[C@H]2CN(CCn3cccn3)C[C@@H]12. The van der Waals surface area contributed by atoms with Crippen LogP contribution in [0, 0.1) is 5.92 Å². The molecule has 2 fully saturated rings. The van der Waals surface area contributed by atoms with Gasteiger partial charge in [0.2, 0.25) is 0 Å². The highest BCUT2D eigenvalue weighted by Gasteiger charge is 2.52. The molecule has 20 heavy (non-hydrogen) atoms. The zero-order chi connectivity index (χ0) is 14.3. The Morgan fingerprint density at radius 3 is 2.75 bits per heavy atom. The molecule has 1 aromatic rings. The average Bonchev–Trinajstić information content (AvgIpc) is 3.05. The summed E-state index contributed by atoms with van der Waals surface area (Å²) in [4.78, 5) is 4.34. The van der Waals surface area contributed by atoms with Crippen molar-refractivity contribution in [2.75, 3.05) is 39.5 Å². The molecule has 2 aliphatic rings. The second-order valence-corrected chi connectivity index (χ2v) is 8.36. The van der Waals surface area contributed by atoms with Crippen molar-refractivity contribution < 1.29 is 8.42 Å². The van der Waals surface area contributed by atoms with Gasteiger partial charge in [0, 0.05) is 44.0 Å². The summed E-state index contributed by atoms with van der Waals surface area (Å²) < 4.78 is 26.4. The monoisotopic (exact) mass is 298 g/mol. The van der Waals surface area contributed by atoms with Gasteiger partial charge in [-0.2, -0.15) is 5.10 Å². The first-order valence-corrected chi connectivity index (χ1v) is 8.77. The summed E-state index contributed by atoms with van der Waals surface area (Å²) in [6, 6.07) is 2.07. The average molecular weight is 298 g/mol. The molecule has 0 aromatic carbocycles. The Morgan fingerprint density at radius 2 is 2.10 bits per heavy atom. The van der Waals surface area contributed by atoms with E-state index in [1.165, 1.54) is 0 Å². The van der Waals surface area contributed by atoms with Gasteiger partial charge in [-0.25, -0.2) is 8.42 Å². The lowest BCUT2D eigenvalue weighted by atomic mass is 10.00. The maximum atomic E-state index is 12.3. The van der Waals surface area contributed by atoms with Crippen LogP contribution in [0.15, 0.2) is 18.5 Å². The van der Waals surface area contributed by atoms with Gasteiger partial charge in [0.25, 0.3) is 0 Å². The van der Waals surface area contributed by atoms with Crippen molar-refractivity contribution in [3.8, 4) is 0 Å². The van der Waals surface area contributed by atoms with Gasteiger partial charge in [-0.3, -0.25) is 9.58 Å². The first-order valence-electron chi connectivity index (χ1n) is 7.05. The summed E-state index contributed by atoms with van der Waals surface area (Å²) in [5, 5.41) is 4.01. The third kappa shape index (κ3) is 2.49. The fraction of sp³-hybridized carbons (Fsp3) is 0.769. The quantitative estimate of drug-likeness (QED) is 0.753. The molecule has 3 rings (SSSR count). The lowest BCUT2D eigenvalue weighted by molar-refractivity contribution is 0.228. The molecule has 0 aliphatic carbocycles. The van der Waals surface area contributed by atoms with Gasteiger partial charge in [-0.05, 0) is 20.2 Å². The Bertz CT molecular complexity index is 555. The molecule has 7 heteroatoms. The standard InChI is InChI=1S/C13H22N4O2S/c1-15(2)12-10-20(18,19)13-9-16(8-11(12)13)6-7-17-5-3-4-14-17/h3-5,11-13H,6-10H2,1-2H3/t11-,12-,13-/m0/s1. The number of fused-ring (bicyclic) bond motifs is 1. The van der Waals surface area contributed by atoms with E-state index in [-0.39, 0.29) is 17.2 Å². The van der Waals surface area contributed by atoms with Gasteiger partial charge in [0.05, 0.1) is 17.5 Å². The molecular formula is C13H22N4O2S. The van der Waals surface area contributed by atoms with Gasteiger partial charge < -0.3 is 4.90 Å². The fourth-order valence-corrected chi connectivity index (χ4v) is 6.01. The van der Waals surface area contributed by atoms with Crippen LogP contribution in [0.5, 0.6) is 0 Å². The normalized spacial score (nSPS) is 32.9. The van der Waals surface area contributed by atoms with Gasteiger partial charge in [-0.1, -0.05) is 0 Å². The van der Waals surface area contributed by atoms with E-state index in [1.54, 1.807) is 6.20 Å². The van der Waals surface area contributed by atoms with Crippen molar-refractivity contribution in [1.82, 2.24) is 19.6 Å². The third-order valence-corrected chi connectivity index (χ3v) is 6.84. The number of aromatic nitrogens is 2. The van der Waals surface area contributed by atoms with E-state index in [1.807, 2.05) is 31.0 Å². The summed E-state index contributed by atoms with van der Waals surface area (Å²) in [6.45, 7) is 3.25.